The van der Waals surface area contributed by atoms with Gasteiger partial charge in [0.15, 0.2) is 0 Å². The maximum atomic E-state index is 13.5. The zero-order valence-corrected chi connectivity index (χ0v) is 8.41. The molecule has 5 heteroatoms. The molecular formula is C11H11F2NO2. The van der Waals surface area contributed by atoms with Crippen LogP contribution in [0.25, 0.3) is 0 Å². The number of hydrogen-bond acceptors (Lipinski definition) is 2. The minimum Gasteiger partial charge on any atom is -0.480 e. The first-order valence-electron chi connectivity index (χ1n) is 4.91. The Bertz CT molecular complexity index is 444. The van der Waals surface area contributed by atoms with Gasteiger partial charge in [0.1, 0.15) is 17.7 Å². The smallest absolute Gasteiger partial charge is 0.321 e. The van der Waals surface area contributed by atoms with Crippen molar-refractivity contribution in [2.45, 2.75) is 24.3 Å². The second-order valence-corrected chi connectivity index (χ2v) is 4.10. The number of hydrogen-bond donors (Lipinski definition) is 2. The molecule has 0 amide bonds. The molecule has 0 saturated heterocycles. The van der Waals surface area contributed by atoms with Gasteiger partial charge < -0.3 is 10.8 Å². The Morgan fingerprint density at radius 2 is 2.06 bits per heavy atom. The van der Waals surface area contributed by atoms with Crippen molar-refractivity contribution < 1.29 is 18.7 Å². The topological polar surface area (TPSA) is 63.3 Å². The van der Waals surface area contributed by atoms with Crippen LogP contribution in [0.5, 0.6) is 0 Å². The fourth-order valence-electron chi connectivity index (χ4n) is 2.01. The van der Waals surface area contributed by atoms with Crippen LogP contribution >= 0.6 is 0 Å². The highest BCUT2D eigenvalue weighted by molar-refractivity contribution is 5.77. The minimum absolute atomic E-state index is 0.198. The first-order valence-corrected chi connectivity index (χ1v) is 4.91. The van der Waals surface area contributed by atoms with Crippen LogP contribution < -0.4 is 5.73 Å². The normalized spacial score (nSPS) is 19.2. The fraction of sp³-hybridized carbons (Fsp3) is 0.364. The van der Waals surface area contributed by atoms with E-state index in [1.165, 1.54) is 6.07 Å². The van der Waals surface area contributed by atoms with E-state index in [0.717, 1.165) is 12.1 Å². The molecule has 0 heterocycles. The predicted octanol–water partition coefficient (Wildman–Crippen LogP) is 1.41. The SMILES string of the molecule is NC(C(=O)O)C1(c2ccc(F)cc2F)CC1. The number of carbonyl (C=O) groups is 1. The molecule has 1 unspecified atom stereocenters. The molecule has 0 spiro atoms. The van der Waals surface area contributed by atoms with Gasteiger partial charge >= 0.3 is 5.97 Å². The number of carboxylic acids is 1. The molecule has 0 bridgehead atoms. The summed E-state index contributed by atoms with van der Waals surface area (Å²) in [6.45, 7) is 0. The van der Waals surface area contributed by atoms with E-state index < -0.39 is 29.1 Å². The van der Waals surface area contributed by atoms with E-state index in [-0.39, 0.29) is 5.56 Å². The Morgan fingerprint density at radius 3 is 2.50 bits per heavy atom. The molecule has 1 aliphatic rings. The van der Waals surface area contributed by atoms with Crippen molar-refractivity contribution in [1.82, 2.24) is 0 Å². The second-order valence-electron chi connectivity index (χ2n) is 4.10. The van der Waals surface area contributed by atoms with Crippen molar-refractivity contribution in [2.75, 3.05) is 0 Å². The number of aliphatic carboxylic acids is 1. The molecule has 1 saturated carbocycles. The first kappa shape index (κ1) is 11.0. The Morgan fingerprint density at radius 1 is 1.44 bits per heavy atom. The van der Waals surface area contributed by atoms with E-state index in [1.807, 2.05) is 0 Å². The van der Waals surface area contributed by atoms with E-state index in [2.05, 4.69) is 0 Å². The number of carboxylic acid groups (broad SMARTS) is 1. The number of halogens is 2. The average Bonchev–Trinajstić information content (AvgIpc) is 2.97. The molecule has 86 valence electrons. The van der Waals surface area contributed by atoms with Crippen molar-refractivity contribution in [3.63, 3.8) is 0 Å². The lowest BCUT2D eigenvalue weighted by Gasteiger charge is -2.20. The largest absolute Gasteiger partial charge is 0.480 e. The zero-order valence-electron chi connectivity index (χ0n) is 8.41. The summed E-state index contributed by atoms with van der Waals surface area (Å²) in [6, 6.07) is 2.00. The minimum atomic E-state index is -1.17. The second kappa shape index (κ2) is 3.52. The van der Waals surface area contributed by atoms with Crippen LogP contribution in [0.3, 0.4) is 0 Å². The molecule has 16 heavy (non-hydrogen) atoms. The molecule has 1 aliphatic carbocycles. The Balaban J connectivity index is 2.40. The highest BCUT2D eigenvalue weighted by atomic mass is 19.1. The summed E-state index contributed by atoms with van der Waals surface area (Å²) in [5.74, 6) is -2.57. The summed E-state index contributed by atoms with van der Waals surface area (Å²) in [6.07, 6.45) is 1.03. The van der Waals surface area contributed by atoms with Crippen molar-refractivity contribution in [2.24, 2.45) is 5.73 Å². The zero-order chi connectivity index (χ0) is 11.9. The molecule has 3 nitrogen and oxygen atoms in total. The lowest BCUT2D eigenvalue weighted by Crippen LogP contribution is -2.42. The third kappa shape index (κ3) is 1.57. The van der Waals surface area contributed by atoms with Crippen molar-refractivity contribution in [1.29, 1.82) is 0 Å². The fourth-order valence-corrected chi connectivity index (χ4v) is 2.01. The third-order valence-electron chi connectivity index (χ3n) is 3.12. The quantitative estimate of drug-likeness (QED) is 0.820. The number of rotatable bonds is 3. The summed E-state index contributed by atoms with van der Waals surface area (Å²) >= 11 is 0. The van der Waals surface area contributed by atoms with Crippen LogP contribution in [0.15, 0.2) is 18.2 Å². The lowest BCUT2D eigenvalue weighted by atomic mass is 9.88. The van der Waals surface area contributed by atoms with E-state index >= 15 is 0 Å². The Labute approximate surface area is 90.9 Å². The van der Waals surface area contributed by atoms with Gasteiger partial charge in [0.2, 0.25) is 0 Å². The van der Waals surface area contributed by atoms with Gasteiger partial charge in [-0.3, -0.25) is 4.79 Å². The van der Waals surface area contributed by atoms with Gasteiger partial charge in [-0.25, -0.2) is 8.78 Å². The Kier molecular flexibility index (Phi) is 2.42. The monoisotopic (exact) mass is 227 g/mol. The third-order valence-corrected chi connectivity index (χ3v) is 3.12. The van der Waals surface area contributed by atoms with E-state index in [4.69, 9.17) is 10.8 Å². The van der Waals surface area contributed by atoms with Gasteiger partial charge in [0.05, 0.1) is 0 Å². The van der Waals surface area contributed by atoms with E-state index in [1.54, 1.807) is 0 Å². The maximum absolute atomic E-state index is 13.5. The molecule has 0 aromatic heterocycles. The lowest BCUT2D eigenvalue weighted by molar-refractivity contribution is -0.139. The molecule has 2 rings (SSSR count). The van der Waals surface area contributed by atoms with Crippen LogP contribution in [0.1, 0.15) is 18.4 Å². The first-order chi connectivity index (χ1) is 7.47. The summed E-state index contributed by atoms with van der Waals surface area (Å²) in [4.78, 5) is 10.8. The van der Waals surface area contributed by atoms with Crippen LogP contribution in [0, 0.1) is 11.6 Å². The maximum Gasteiger partial charge on any atom is 0.321 e. The van der Waals surface area contributed by atoms with Gasteiger partial charge in [-0.1, -0.05) is 6.07 Å². The van der Waals surface area contributed by atoms with Crippen LogP contribution in [0.4, 0.5) is 8.78 Å². The van der Waals surface area contributed by atoms with Gasteiger partial charge in [0, 0.05) is 11.5 Å². The molecule has 0 radical (unpaired) electrons. The van der Waals surface area contributed by atoms with E-state index in [0.29, 0.717) is 12.8 Å². The highest BCUT2D eigenvalue weighted by Gasteiger charge is 2.53. The molecular weight excluding hydrogens is 216 g/mol. The molecule has 1 fully saturated rings. The van der Waals surface area contributed by atoms with Crippen LogP contribution in [0.2, 0.25) is 0 Å². The van der Waals surface area contributed by atoms with E-state index in [9.17, 15) is 13.6 Å². The number of nitrogens with two attached hydrogens (primary N) is 1. The van der Waals surface area contributed by atoms with Crippen molar-refractivity contribution >= 4 is 5.97 Å². The van der Waals surface area contributed by atoms with Gasteiger partial charge in [-0.05, 0) is 24.5 Å². The molecule has 1 atom stereocenters. The van der Waals surface area contributed by atoms with Crippen LogP contribution in [-0.4, -0.2) is 17.1 Å². The summed E-state index contributed by atoms with van der Waals surface area (Å²) in [7, 11) is 0. The molecule has 0 aliphatic heterocycles. The Hall–Kier alpha value is -1.49. The van der Waals surface area contributed by atoms with Crippen molar-refractivity contribution in [3.8, 4) is 0 Å². The summed E-state index contributed by atoms with van der Waals surface area (Å²) in [5.41, 5.74) is 4.88. The van der Waals surface area contributed by atoms with Crippen molar-refractivity contribution in [3.05, 3.63) is 35.4 Å². The molecule has 1 aromatic rings. The average molecular weight is 227 g/mol. The predicted molar refractivity (Wildman–Crippen MR) is 52.9 cm³/mol. The van der Waals surface area contributed by atoms with Crippen LogP contribution in [-0.2, 0) is 10.2 Å². The standard InChI is InChI=1S/C11H11F2NO2/c12-6-1-2-7(8(13)5-6)11(3-4-11)9(14)10(15)16/h1-2,5,9H,3-4,14H2,(H,15,16). The summed E-state index contributed by atoms with van der Waals surface area (Å²) in [5, 5.41) is 8.84. The van der Waals surface area contributed by atoms with Gasteiger partial charge in [0.25, 0.3) is 0 Å². The van der Waals surface area contributed by atoms with Gasteiger partial charge in [-0.2, -0.15) is 0 Å². The van der Waals surface area contributed by atoms with Gasteiger partial charge in [-0.15, -0.1) is 0 Å². The summed E-state index contributed by atoms with van der Waals surface area (Å²) < 4.78 is 26.2. The molecule has 1 aromatic carbocycles. The molecule has 3 N–H and O–H groups in total. The highest BCUT2D eigenvalue weighted by Crippen LogP contribution is 2.51. The number of benzene rings is 1.